The van der Waals surface area contributed by atoms with Crippen molar-refractivity contribution in [2.24, 2.45) is 0 Å². The van der Waals surface area contributed by atoms with Gasteiger partial charge in [-0.15, -0.1) is 0 Å². The van der Waals surface area contributed by atoms with Crippen molar-refractivity contribution in [1.82, 2.24) is 0 Å². The highest BCUT2D eigenvalue weighted by Gasteiger charge is 2.34. The molecule has 0 radical (unpaired) electrons. The van der Waals surface area contributed by atoms with Crippen LogP contribution >= 0.6 is 0 Å². The smallest absolute Gasteiger partial charge is 0.355 e. The Balaban J connectivity index is 2.05. The number of hydrogen-bond donors (Lipinski definition) is 0. The van der Waals surface area contributed by atoms with Gasteiger partial charge in [-0.25, -0.2) is 9.59 Å². The van der Waals surface area contributed by atoms with Gasteiger partial charge in [0.25, 0.3) is 0 Å². The van der Waals surface area contributed by atoms with Crippen LogP contribution in [0.2, 0.25) is 0 Å². The highest BCUT2D eigenvalue weighted by atomic mass is 16.5. The van der Waals surface area contributed by atoms with E-state index >= 15 is 0 Å². The lowest BCUT2D eigenvalue weighted by molar-refractivity contribution is -0.140. The van der Waals surface area contributed by atoms with Crippen LogP contribution in [0.1, 0.15) is 12.8 Å². The second-order valence-electron chi connectivity index (χ2n) is 5.86. The molecule has 9 nitrogen and oxygen atoms in total. The number of benzene rings is 1. The average molecular weight is 374 g/mol. The first-order valence-electron chi connectivity index (χ1n) is 8.18. The molecule has 1 aromatic rings. The first-order chi connectivity index (χ1) is 13.0. The van der Waals surface area contributed by atoms with Gasteiger partial charge in [-0.05, 0) is 18.2 Å². The van der Waals surface area contributed by atoms with E-state index in [0.717, 1.165) is 4.90 Å². The van der Waals surface area contributed by atoms with Crippen molar-refractivity contribution in [2.45, 2.75) is 12.8 Å². The van der Waals surface area contributed by atoms with Gasteiger partial charge in [0.05, 0.1) is 32.1 Å². The Hall–Kier alpha value is -3.20. The van der Waals surface area contributed by atoms with E-state index in [-0.39, 0.29) is 49.3 Å². The van der Waals surface area contributed by atoms with Crippen molar-refractivity contribution in [3.05, 3.63) is 35.5 Å². The van der Waals surface area contributed by atoms with Crippen LogP contribution in [0.25, 0.3) is 0 Å². The lowest BCUT2D eigenvalue weighted by Gasteiger charge is -2.31. The fourth-order valence-corrected chi connectivity index (χ4v) is 3.01. The van der Waals surface area contributed by atoms with Crippen molar-refractivity contribution in [1.29, 1.82) is 0 Å². The van der Waals surface area contributed by atoms with Gasteiger partial charge in [0.15, 0.2) is 0 Å². The third-order valence-electron chi connectivity index (χ3n) is 4.28. The Kier molecular flexibility index (Phi) is 5.22. The molecule has 1 fully saturated rings. The molecule has 2 aliphatic heterocycles. The third-order valence-corrected chi connectivity index (χ3v) is 4.28. The van der Waals surface area contributed by atoms with E-state index in [1.807, 2.05) is 0 Å². The van der Waals surface area contributed by atoms with Gasteiger partial charge >= 0.3 is 11.9 Å². The molecule has 0 N–H and O–H groups in total. The predicted molar refractivity (Wildman–Crippen MR) is 92.5 cm³/mol. The minimum absolute atomic E-state index is 0.00757. The molecule has 27 heavy (non-hydrogen) atoms. The third kappa shape index (κ3) is 3.41. The maximum Gasteiger partial charge on any atom is 0.355 e. The lowest BCUT2D eigenvalue weighted by atomic mass is 10.1. The Morgan fingerprint density at radius 2 is 1.63 bits per heavy atom. The first-order valence-corrected chi connectivity index (χ1v) is 8.18. The molecule has 0 atom stereocenters. The summed E-state index contributed by atoms with van der Waals surface area (Å²) < 4.78 is 14.9. The predicted octanol–water partition coefficient (Wildman–Crippen LogP) is 0.734. The number of imide groups is 1. The fraction of sp³-hybridized carbons (Fsp3) is 0.333. The maximum atomic E-state index is 12.3. The monoisotopic (exact) mass is 374 g/mol. The highest BCUT2D eigenvalue weighted by molar-refractivity contribution is 6.20. The van der Waals surface area contributed by atoms with E-state index in [9.17, 15) is 19.2 Å². The summed E-state index contributed by atoms with van der Waals surface area (Å²) in [5, 5.41) is 0. The van der Waals surface area contributed by atoms with Crippen LogP contribution < -0.4 is 9.80 Å². The number of anilines is 2. The van der Waals surface area contributed by atoms with Crippen LogP contribution in [0, 0.1) is 0 Å². The number of nitrogens with zero attached hydrogens (tertiary/aromatic N) is 2. The molecule has 2 heterocycles. The molecular formula is C18H18N2O7. The second-order valence-corrected chi connectivity index (χ2v) is 5.86. The number of carbonyl (C=O) groups is 4. The number of methoxy groups -OCH3 is 2. The molecule has 0 bridgehead atoms. The average Bonchev–Trinajstić information content (AvgIpc) is 3.04. The standard InChI is InChI=1S/C18H18N2O7/c1-25-17(23)13-9-27-10-19(16(13)18(24)26-2)11-4-3-5-12(8-11)20-14(21)6-7-15(20)22/h3-5,8H,6-7,9-10H2,1-2H3. The summed E-state index contributed by atoms with van der Waals surface area (Å²) in [6.45, 7) is -0.118. The van der Waals surface area contributed by atoms with E-state index in [4.69, 9.17) is 14.2 Å². The molecule has 0 aliphatic carbocycles. The van der Waals surface area contributed by atoms with E-state index < -0.39 is 11.9 Å². The van der Waals surface area contributed by atoms with Crippen LogP contribution in [0.4, 0.5) is 11.4 Å². The second kappa shape index (κ2) is 7.58. The molecule has 0 unspecified atom stereocenters. The van der Waals surface area contributed by atoms with Gasteiger partial charge in [0, 0.05) is 18.5 Å². The molecule has 3 rings (SSSR count). The minimum atomic E-state index is -0.725. The molecule has 9 heteroatoms. The van der Waals surface area contributed by atoms with E-state index in [1.165, 1.54) is 19.1 Å². The van der Waals surface area contributed by atoms with Gasteiger partial charge in [0.2, 0.25) is 11.8 Å². The Morgan fingerprint density at radius 1 is 1.00 bits per heavy atom. The SMILES string of the molecule is COC(=O)C1=C(C(=O)OC)N(c2cccc(N3C(=O)CCC3=O)c2)COC1. The zero-order valence-electron chi connectivity index (χ0n) is 14.9. The Bertz CT molecular complexity index is 830. The molecular weight excluding hydrogens is 356 g/mol. The van der Waals surface area contributed by atoms with Gasteiger partial charge in [-0.3, -0.25) is 14.5 Å². The maximum absolute atomic E-state index is 12.3. The minimum Gasteiger partial charge on any atom is -0.466 e. The topological polar surface area (TPSA) is 102 Å². The number of ether oxygens (including phenoxy) is 3. The lowest BCUT2D eigenvalue weighted by Crippen LogP contribution is -2.39. The van der Waals surface area contributed by atoms with Crippen LogP contribution in [0.15, 0.2) is 35.5 Å². The molecule has 0 saturated carbocycles. The molecule has 2 aliphatic rings. The molecule has 0 aromatic heterocycles. The summed E-state index contributed by atoms with van der Waals surface area (Å²) in [7, 11) is 2.41. The van der Waals surface area contributed by atoms with Gasteiger partial charge < -0.3 is 19.1 Å². The van der Waals surface area contributed by atoms with Crippen molar-refractivity contribution in [3.8, 4) is 0 Å². The first kappa shape index (κ1) is 18.6. The summed E-state index contributed by atoms with van der Waals surface area (Å²) in [6.07, 6.45) is 0.325. The zero-order valence-corrected chi connectivity index (χ0v) is 14.9. The Morgan fingerprint density at radius 3 is 2.26 bits per heavy atom. The summed E-state index contributed by atoms with van der Waals surface area (Å²) in [6, 6.07) is 6.51. The summed E-state index contributed by atoms with van der Waals surface area (Å²) in [4.78, 5) is 50.9. The van der Waals surface area contributed by atoms with Crippen molar-refractivity contribution < 1.29 is 33.4 Å². The quantitative estimate of drug-likeness (QED) is 0.562. The summed E-state index contributed by atoms with van der Waals surface area (Å²) in [5.41, 5.74) is 0.858. The van der Waals surface area contributed by atoms with Crippen LogP contribution in [0.3, 0.4) is 0 Å². The molecule has 0 spiro atoms. The number of esters is 2. The van der Waals surface area contributed by atoms with Gasteiger partial charge in [-0.1, -0.05) is 6.07 Å². The fourth-order valence-electron chi connectivity index (χ4n) is 3.01. The largest absolute Gasteiger partial charge is 0.466 e. The number of carbonyl (C=O) groups excluding carboxylic acids is 4. The van der Waals surface area contributed by atoms with Crippen molar-refractivity contribution >= 4 is 35.1 Å². The molecule has 1 saturated heterocycles. The van der Waals surface area contributed by atoms with E-state index in [0.29, 0.717) is 11.4 Å². The summed E-state index contributed by atoms with van der Waals surface area (Å²) in [5.74, 6) is -2.00. The molecule has 142 valence electrons. The Labute approximate surface area is 155 Å². The summed E-state index contributed by atoms with van der Waals surface area (Å²) >= 11 is 0. The van der Waals surface area contributed by atoms with E-state index in [2.05, 4.69) is 0 Å². The molecule has 1 aromatic carbocycles. The van der Waals surface area contributed by atoms with Crippen molar-refractivity contribution in [2.75, 3.05) is 37.4 Å². The van der Waals surface area contributed by atoms with Crippen molar-refractivity contribution in [3.63, 3.8) is 0 Å². The van der Waals surface area contributed by atoms with Gasteiger partial charge in [0.1, 0.15) is 12.4 Å². The zero-order chi connectivity index (χ0) is 19.6. The van der Waals surface area contributed by atoms with Crippen LogP contribution in [-0.4, -0.2) is 51.3 Å². The molecule has 2 amide bonds. The van der Waals surface area contributed by atoms with Crippen LogP contribution in [0.5, 0.6) is 0 Å². The van der Waals surface area contributed by atoms with E-state index in [1.54, 1.807) is 24.3 Å². The number of hydrogen-bond acceptors (Lipinski definition) is 8. The highest BCUT2D eigenvalue weighted by Crippen LogP contribution is 2.31. The van der Waals surface area contributed by atoms with Crippen LogP contribution in [-0.2, 0) is 33.4 Å². The number of amides is 2. The van der Waals surface area contributed by atoms with Gasteiger partial charge in [-0.2, -0.15) is 0 Å². The normalized spacial score (nSPS) is 17.4. The number of rotatable bonds is 4.